The molecule has 0 aliphatic rings. The molecule has 0 bridgehead atoms. The van der Waals surface area contributed by atoms with Crippen LogP contribution in [0.2, 0.25) is 5.02 Å². The van der Waals surface area contributed by atoms with Gasteiger partial charge in [0.25, 0.3) is 0 Å². The van der Waals surface area contributed by atoms with Crippen molar-refractivity contribution in [2.24, 2.45) is 0 Å². The number of nitrogens with zero attached hydrogens (tertiary/aromatic N) is 3. The molecule has 2 rings (SSSR count). The second-order valence-electron chi connectivity index (χ2n) is 4.33. The smallest absolute Gasteiger partial charge is 0.311 e. The standard InChI is InChI=1S/C14H14ClN3O3/c1-17(14-13(18(19)20)3-2-8-16-14)9-10-21-12-6-4-11(15)5-7-12/h2-8H,9-10H2,1H3. The molecule has 21 heavy (non-hydrogen) atoms. The van der Waals surface area contributed by atoms with Gasteiger partial charge in [-0.25, -0.2) is 4.98 Å². The number of hydrogen-bond acceptors (Lipinski definition) is 5. The second-order valence-corrected chi connectivity index (χ2v) is 4.76. The molecule has 0 atom stereocenters. The SMILES string of the molecule is CN(CCOc1ccc(Cl)cc1)c1ncccc1[N+](=O)[O-]. The predicted octanol–water partition coefficient (Wildman–Crippen LogP) is 3.16. The van der Waals surface area contributed by atoms with Gasteiger partial charge in [0.15, 0.2) is 0 Å². The van der Waals surface area contributed by atoms with Crippen molar-refractivity contribution in [1.82, 2.24) is 4.98 Å². The van der Waals surface area contributed by atoms with Crippen molar-refractivity contribution in [1.29, 1.82) is 0 Å². The second kappa shape index (κ2) is 6.90. The number of ether oxygens (including phenoxy) is 1. The molecule has 0 aliphatic carbocycles. The van der Waals surface area contributed by atoms with Crippen LogP contribution in [0.15, 0.2) is 42.6 Å². The highest BCUT2D eigenvalue weighted by molar-refractivity contribution is 6.30. The summed E-state index contributed by atoms with van der Waals surface area (Å²) in [5.74, 6) is 1.02. The molecule has 6 nitrogen and oxygen atoms in total. The Kier molecular flexibility index (Phi) is 4.94. The van der Waals surface area contributed by atoms with E-state index in [0.29, 0.717) is 29.7 Å². The monoisotopic (exact) mass is 307 g/mol. The summed E-state index contributed by atoms with van der Waals surface area (Å²) in [7, 11) is 1.74. The maximum Gasteiger partial charge on any atom is 0.311 e. The lowest BCUT2D eigenvalue weighted by atomic mass is 10.3. The fourth-order valence-corrected chi connectivity index (χ4v) is 1.89. The number of rotatable bonds is 6. The first-order valence-corrected chi connectivity index (χ1v) is 6.64. The molecule has 0 fully saturated rings. The summed E-state index contributed by atoms with van der Waals surface area (Å²) < 4.78 is 5.56. The molecule has 0 aliphatic heterocycles. The number of halogens is 1. The van der Waals surface area contributed by atoms with Crippen molar-refractivity contribution in [3.05, 3.63) is 57.7 Å². The molecule has 0 N–H and O–H groups in total. The van der Waals surface area contributed by atoms with Crippen LogP contribution in [0.4, 0.5) is 11.5 Å². The minimum absolute atomic E-state index is 0.0218. The van der Waals surface area contributed by atoms with E-state index in [4.69, 9.17) is 16.3 Å². The Morgan fingerprint density at radius 2 is 2.05 bits per heavy atom. The maximum absolute atomic E-state index is 10.9. The number of hydrogen-bond donors (Lipinski definition) is 0. The molecule has 0 saturated carbocycles. The first-order chi connectivity index (χ1) is 10.1. The summed E-state index contributed by atoms with van der Waals surface area (Å²) in [6.45, 7) is 0.854. The molecule has 0 amide bonds. The number of aromatic nitrogens is 1. The van der Waals surface area contributed by atoms with Crippen molar-refractivity contribution in [3.63, 3.8) is 0 Å². The van der Waals surface area contributed by atoms with E-state index < -0.39 is 4.92 Å². The van der Waals surface area contributed by atoms with Gasteiger partial charge < -0.3 is 9.64 Å². The fraction of sp³-hybridized carbons (Fsp3) is 0.214. The Balaban J connectivity index is 1.94. The van der Waals surface area contributed by atoms with Crippen LogP contribution in [0, 0.1) is 10.1 Å². The van der Waals surface area contributed by atoms with Gasteiger partial charge in [-0.15, -0.1) is 0 Å². The minimum Gasteiger partial charge on any atom is -0.492 e. The molecule has 110 valence electrons. The zero-order valence-corrected chi connectivity index (χ0v) is 12.2. The van der Waals surface area contributed by atoms with Gasteiger partial charge in [-0.05, 0) is 30.3 Å². The summed E-state index contributed by atoms with van der Waals surface area (Å²) in [5.41, 5.74) is -0.0218. The highest BCUT2D eigenvalue weighted by atomic mass is 35.5. The molecule has 2 aromatic rings. The quantitative estimate of drug-likeness (QED) is 0.605. The average molecular weight is 308 g/mol. The maximum atomic E-state index is 10.9. The van der Waals surface area contributed by atoms with Crippen LogP contribution in [0.3, 0.4) is 0 Å². The Morgan fingerprint density at radius 3 is 2.71 bits per heavy atom. The Hall–Kier alpha value is -2.34. The molecular weight excluding hydrogens is 294 g/mol. The molecule has 0 saturated heterocycles. The van der Waals surface area contributed by atoms with Crippen molar-refractivity contribution in [2.45, 2.75) is 0 Å². The summed E-state index contributed by atoms with van der Waals surface area (Å²) in [4.78, 5) is 16.2. The van der Waals surface area contributed by atoms with Crippen LogP contribution in [0.25, 0.3) is 0 Å². The normalized spacial score (nSPS) is 10.2. The van der Waals surface area contributed by atoms with E-state index in [1.54, 1.807) is 42.3 Å². The Morgan fingerprint density at radius 1 is 1.33 bits per heavy atom. The molecule has 1 heterocycles. The van der Waals surface area contributed by atoms with Gasteiger partial charge >= 0.3 is 5.69 Å². The topological polar surface area (TPSA) is 68.5 Å². The lowest BCUT2D eigenvalue weighted by molar-refractivity contribution is -0.384. The van der Waals surface area contributed by atoms with Crippen LogP contribution in [-0.4, -0.2) is 30.1 Å². The third kappa shape index (κ3) is 4.06. The number of nitro groups is 1. The van der Waals surface area contributed by atoms with E-state index in [1.165, 1.54) is 12.3 Å². The number of benzene rings is 1. The first kappa shape index (κ1) is 15.1. The highest BCUT2D eigenvalue weighted by Crippen LogP contribution is 2.23. The Bertz CT molecular complexity index is 619. The van der Waals surface area contributed by atoms with Gasteiger partial charge in [-0.2, -0.15) is 0 Å². The summed E-state index contributed by atoms with van der Waals surface area (Å²) >= 11 is 5.79. The van der Waals surface area contributed by atoms with E-state index in [2.05, 4.69) is 4.98 Å². The van der Waals surface area contributed by atoms with E-state index in [-0.39, 0.29) is 5.69 Å². The third-order valence-corrected chi connectivity index (χ3v) is 3.09. The molecule has 0 radical (unpaired) electrons. The van der Waals surface area contributed by atoms with Gasteiger partial charge in [-0.3, -0.25) is 10.1 Å². The predicted molar refractivity (Wildman–Crippen MR) is 81.1 cm³/mol. The molecule has 0 unspecified atom stereocenters. The number of anilines is 1. The molecule has 7 heteroatoms. The van der Waals surface area contributed by atoms with E-state index in [9.17, 15) is 10.1 Å². The van der Waals surface area contributed by atoms with Crippen LogP contribution < -0.4 is 9.64 Å². The minimum atomic E-state index is -0.446. The number of likely N-dealkylation sites (N-methyl/N-ethyl adjacent to an activating group) is 1. The van der Waals surface area contributed by atoms with Gasteiger partial charge in [0.1, 0.15) is 12.4 Å². The van der Waals surface area contributed by atoms with E-state index in [1.807, 2.05) is 0 Å². The Labute approximate surface area is 127 Å². The van der Waals surface area contributed by atoms with Crippen molar-refractivity contribution in [3.8, 4) is 5.75 Å². The van der Waals surface area contributed by atoms with Crippen molar-refractivity contribution in [2.75, 3.05) is 25.1 Å². The largest absolute Gasteiger partial charge is 0.492 e. The van der Waals surface area contributed by atoms with Crippen LogP contribution >= 0.6 is 11.6 Å². The van der Waals surface area contributed by atoms with E-state index in [0.717, 1.165) is 0 Å². The van der Waals surface area contributed by atoms with Gasteiger partial charge in [-0.1, -0.05) is 11.6 Å². The van der Waals surface area contributed by atoms with Crippen molar-refractivity contribution >= 4 is 23.1 Å². The van der Waals surface area contributed by atoms with Crippen molar-refractivity contribution < 1.29 is 9.66 Å². The number of pyridine rings is 1. The lowest BCUT2D eigenvalue weighted by Crippen LogP contribution is -2.25. The zero-order valence-electron chi connectivity index (χ0n) is 11.4. The van der Waals surface area contributed by atoms with Gasteiger partial charge in [0, 0.05) is 24.3 Å². The molecular formula is C14H14ClN3O3. The lowest BCUT2D eigenvalue weighted by Gasteiger charge is -2.18. The molecule has 1 aromatic carbocycles. The first-order valence-electron chi connectivity index (χ1n) is 6.27. The van der Waals surface area contributed by atoms with Crippen LogP contribution in [0.5, 0.6) is 5.75 Å². The zero-order chi connectivity index (χ0) is 15.2. The summed E-state index contributed by atoms with van der Waals surface area (Å²) in [6, 6.07) is 9.99. The summed E-state index contributed by atoms with van der Waals surface area (Å²) in [5, 5.41) is 11.6. The van der Waals surface area contributed by atoms with Crippen LogP contribution in [0.1, 0.15) is 0 Å². The highest BCUT2D eigenvalue weighted by Gasteiger charge is 2.17. The molecule has 1 aromatic heterocycles. The fourth-order valence-electron chi connectivity index (χ4n) is 1.76. The molecule has 0 spiro atoms. The summed E-state index contributed by atoms with van der Waals surface area (Å²) in [6.07, 6.45) is 1.53. The average Bonchev–Trinajstić information content (AvgIpc) is 2.49. The van der Waals surface area contributed by atoms with Crippen LogP contribution in [-0.2, 0) is 0 Å². The van der Waals surface area contributed by atoms with Gasteiger partial charge in [0.2, 0.25) is 5.82 Å². The van der Waals surface area contributed by atoms with E-state index >= 15 is 0 Å². The van der Waals surface area contributed by atoms with Gasteiger partial charge in [0.05, 0.1) is 11.5 Å². The third-order valence-electron chi connectivity index (χ3n) is 2.83.